The number of aromatic amines is 11. The molecule has 0 radical (unpaired) electrons. The third-order valence-electron chi connectivity index (χ3n) is 9.14. The number of carboxylic acids is 2. The first-order valence-corrected chi connectivity index (χ1v) is 36.1. The van der Waals surface area contributed by atoms with Gasteiger partial charge in [-0.25, -0.2) is 20.6 Å². The summed E-state index contributed by atoms with van der Waals surface area (Å²) in [6.07, 6.45) is -7.24. The minimum atomic E-state index is -4.29. The molecule has 0 spiro atoms. The van der Waals surface area contributed by atoms with Crippen molar-refractivity contribution in [2.75, 3.05) is 17.7 Å². The summed E-state index contributed by atoms with van der Waals surface area (Å²) in [5, 5.41) is 222. The highest BCUT2D eigenvalue weighted by Crippen LogP contribution is 2.37. The molecule has 0 aliphatic heterocycles. The van der Waals surface area contributed by atoms with Crippen molar-refractivity contribution in [1.82, 2.24) is 227 Å². The van der Waals surface area contributed by atoms with Gasteiger partial charge in [-0.1, -0.05) is 68.5 Å². The first kappa shape index (κ1) is 99.5. The quantitative estimate of drug-likeness (QED) is 0.00465. The number of amides is 3. The summed E-state index contributed by atoms with van der Waals surface area (Å²) in [5.41, 5.74) is 13.9. The molecule has 11 rings (SSSR count). The Morgan fingerprint density at radius 3 is 1.27 bits per heavy atom. The maximum absolute atomic E-state index is 10.3. The molecule has 11 aromatic heterocycles. The molecule has 76 nitrogen and oxygen atoms in total. The number of carbonyl (C=O) groups excluding carboxylic acids is 3. The average Bonchev–Trinajstić information content (AvgIpc) is 1.83. The molecular formula is C30H56N47O29P3S4. The molecule has 0 aliphatic carbocycles. The Balaban J connectivity index is 0.000000624. The van der Waals surface area contributed by atoms with Crippen LogP contribution in [0.1, 0.15) is 63.9 Å². The van der Waals surface area contributed by atoms with Crippen LogP contribution in [0.15, 0.2) is 10.3 Å². The van der Waals surface area contributed by atoms with Crippen LogP contribution in [0.3, 0.4) is 0 Å². The number of carbonyl (C=O) groups is 5. The van der Waals surface area contributed by atoms with Crippen LogP contribution in [0.2, 0.25) is 0 Å². The zero-order chi connectivity index (χ0) is 84.3. The molecule has 11 heterocycles. The second-order valence-electron chi connectivity index (χ2n) is 17.3. The maximum Gasteiger partial charge on any atom is 0.397 e. The number of nitrogens with zero attached hydrogens (tertiary/aromatic N) is 33. The van der Waals surface area contributed by atoms with Crippen LogP contribution in [0, 0.1) is 0 Å². The molecule has 0 aromatic carbocycles. The fourth-order valence-corrected chi connectivity index (χ4v) is 7.54. The summed E-state index contributed by atoms with van der Waals surface area (Å²) < 4.78 is 42.9. The van der Waals surface area contributed by atoms with E-state index in [4.69, 9.17) is 77.7 Å². The van der Waals surface area contributed by atoms with Crippen molar-refractivity contribution >= 4 is 106 Å². The highest BCUT2D eigenvalue weighted by molar-refractivity contribution is 7.99. The van der Waals surface area contributed by atoms with Crippen LogP contribution >= 0.6 is 70.7 Å². The number of nitrogens with two attached hydrogens (primary N) is 3. The van der Waals surface area contributed by atoms with Crippen molar-refractivity contribution in [2.24, 2.45) is 17.2 Å². The van der Waals surface area contributed by atoms with Gasteiger partial charge < -0.3 is 77.2 Å². The molecular weight excluding hydrogens is 1700 g/mol. The van der Waals surface area contributed by atoms with E-state index in [2.05, 4.69) is 245 Å². The highest BCUT2D eigenvalue weighted by Gasteiger charge is 2.36. The van der Waals surface area contributed by atoms with E-state index in [9.17, 15) is 53.0 Å². The van der Waals surface area contributed by atoms with Gasteiger partial charge in [0.15, 0.2) is 41.1 Å². The lowest BCUT2D eigenvalue weighted by Gasteiger charge is -2.22. The Kier molecular flexibility index (Phi) is 51.4. The summed E-state index contributed by atoms with van der Waals surface area (Å²) in [6, 6.07) is 0. The van der Waals surface area contributed by atoms with Crippen molar-refractivity contribution < 1.29 is 142 Å². The molecule has 83 heteroatoms. The lowest BCUT2D eigenvalue weighted by atomic mass is 10.0. The van der Waals surface area contributed by atoms with E-state index in [0.29, 0.717) is 70.7 Å². The second kappa shape index (κ2) is 58.4. The molecule has 0 fully saturated rings. The predicted molar refractivity (Wildman–Crippen MR) is 340 cm³/mol. The number of hydrogen-bond donors (Lipinski definition) is 29. The number of thioether (sulfide) groups is 1. The first-order chi connectivity index (χ1) is 53.7. The van der Waals surface area contributed by atoms with Crippen LogP contribution in [-0.4, -0.2) is 368 Å². The van der Waals surface area contributed by atoms with Crippen molar-refractivity contribution in [3.63, 3.8) is 0 Å². The Morgan fingerprint density at radius 2 is 0.885 bits per heavy atom. The van der Waals surface area contributed by atoms with Gasteiger partial charge in [-0.3, -0.25) is 32.9 Å². The first-order valence-electron chi connectivity index (χ1n) is 27.3. The predicted octanol–water partition coefficient (Wildman–Crippen LogP) is -14.1. The molecule has 0 aliphatic rings. The second-order valence-corrected chi connectivity index (χ2v) is 25.3. The summed E-state index contributed by atoms with van der Waals surface area (Å²) in [5.74, 6) is -1.41. The van der Waals surface area contributed by atoms with E-state index in [1.54, 1.807) is 0 Å². The number of hydrogen-bond acceptors (Lipinski definition) is 58. The van der Waals surface area contributed by atoms with Gasteiger partial charge in [0.05, 0.1) is 24.1 Å². The number of nitrogens with one attached hydrogen (secondary N) is 11. The zero-order valence-electron chi connectivity index (χ0n) is 54.8. The van der Waals surface area contributed by atoms with E-state index in [1.165, 1.54) is 0 Å². The Hall–Kier alpha value is -11.5. The summed E-state index contributed by atoms with van der Waals surface area (Å²) >= 11 is 3.47. The molecule has 113 heavy (non-hydrogen) atoms. The molecule has 4 atom stereocenters. The number of aliphatic hydroxyl groups is 4. The Bertz CT molecular complexity index is 4170. The number of aliphatic hydroxyl groups excluding tert-OH is 4. The smallest absolute Gasteiger partial charge is 0.397 e. The van der Waals surface area contributed by atoms with Gasteiger partial charge in [0, 0.05) is 55.5 Å². The fourth-order valence-electron chi connectivity index (χ4n) is 4.81. The molecule has 624 valence electrons. The van der Waals surface area contributed by atoms with E-state index < -0.39 is 82.7 Å². The van der Waals surface area contributed by atoms with E-state index in [-0.39, 0.29) is 59.7 Å². The van der Waals surface area contributed by atoms with Gasteiger partial charge in [-0.2, -0.15) is 57.3 Å². The number of tetrazole rings is 11. The van der Waals surface area contributed by atoms with Crippen LogP contribution < -0.4 is 22.8 Å². The molecule has 0 bridgehead atoms. The van der Waals surface area contributed by atoms with Crippen LogP contribution in [0.4, 0.5) is 0 Å². The minimum Gasteiger partial charge on any atom is -0.481 e. The normalized spacial score (nSPS) is 11.5. The summed E-state index contributed by atoms with van der Waals surface area (Å²) in [4.78, 5) is 101. The molecule has 32 N–H and O–H groups in total. The average molecular weight is 1760 g/mol. The molecule has 4 unspecified atom stereocenters. The third kappa shape index (κ3) is 53.1. The lowest BCUT2D eigenvalue weighted by molar-refractivity contribution is -0.432. The summed E-state index contributed by atoms with van der Waals surface area (Å²) in [6.45, 7) is 0. The number of primary amides is 3. The van der Waals surface area contributed by atoms with Crippen molar-refractivity contribution in [3.05, 3.63) is 46.6 Å². The van der Waals surface area contributed by atoms with Gasteiger partial charge in [-0.15, -0.1) is 120 Å². The number of carboxylic acid groups (broad SMARTS) is 2. The van der Waals surface area contributed by atoms with Crippen molar-refractivity contribution in [1.29, 1.82) is 0 Å². The van der Waals surface area contributed by atoms with E-state index >= 15 is 0 Å². The fraction of sp³-hybridized carbons (Fsp3) is 0.467. The van der Waals surface area contributed by atoms with Gasteiger partial charge in [0.25, 0.3) is 22.5 Å². The number of aromatic nitrogens is 44. The van der Waals surface area contributed by atoms with Crippen LogP contribution in [0.5, 0.6) is 0 Å². The van der Waals surface area contributed by atoms with Crippen LogP contribution in [-0.2, 0) is 98.6 Å². The van der Waals surface area contributed by atoms with Gasteiger partial charge >= 0.3 is 34.7 Å². The molecule has 11 aromatic rings. The van der Waals surface area contributed by atoms with Crippen molar-refractivity contribution in [3.8, 4) is 0 Å². The van der Waals surface area contributed by atoms with E-state index in [1.807, 2.05) is 10.4 Å². The standard InChI is InChI=1S/C6H10N4O6.C4H7N5O.C3H5N5O.C3H7N4O3P.C3H6N4O3S.C3H4N4O2S.C2H3N5O.C2H5N4O3P.C2H4N4O3S.CH3N4O3P.CH2N4O3S/c11-1(2(12)4(14)6(15)16)3(13)5-7-9-10-8-5;5-3(10)1-2-4-6-8-9-7-4;4-2(9)1-3-5-7-8-6-3;8-11(9,10)2-1-3-4-6-7-5-3;8-9-10-11-2-1-3-4-6-7-5-3;8-2(9)1-10-3-4-6-7-5-3;3-1(8)2-4-6-7-5-2;7-10(8,9)1-2-3-5-6-4-2;7-8-9-10-1-2-3-5-6-4-2;6-9(7,8)1-2-4-5-3-1;6-7-8-9-1-2-4-5-3-1/h1-4,11-14H,(H,15,16)(H,7,8,9,10);1-2H2,(H2,5,10)(H,6,7,8,9);1H2,(H2,4,9)(H,5,6,7,8);1-2H2,(H2,8,9,10)(H,4,5,6,7);8H,1-2H2,(H,4,5,6,7);1H2,(H,8,9)(H,4,5,6,7);(H2,3,8)(H,4,5,6,7);1H2,(H2,7,8,9)(H,3,4,5,6);7H,1H2,(H,3,4,5,6);(H2,6,7,8)(H,2,3,4,5);6H,(H,2,3,4,5). The highest BCUT2D eigenvalue weighted by atomic mass is 32.2. The monoisotopic (exact) mass is 1760 g/mol. The maximum atomic E-state index is 10.3. The van der Waals surface area contributed by atoms with Gasteiger partial charge in [0.1, 0.15) is 36.5 Å². The Morgan fingerprint density at radius 1 is 0.442 bits per heavy atom. The van der Waals surface area contributed by atoms with Gasteiger partial charge in [-0.05, 0) is 20.9 Å². The molecule has 0 saturated heterocycles. The summed E-state index contributed by atoms with van der Waals surface area (Å²) in [7, 11) is -12.3. The molecule has 3 amide bonds. The van der Waals surface area contributed by atoms with E-state index in [0.717, 1.165) is 35.8 Å². The lowest BCUT2D eigenvalue weighted by Crippen LogP contribution is -2.45. The third-order valence-corrected chi connectivity index (χ3v) is 13.7. The van der Waals surface area contributed by atoms with Crippen molar-refractivity contribution in [2.45, 2.75) is 78.7 Å². The SMILES string of the molecule is NC(=O)CCc1nn[nH]n1.NC(=O)Cc1nn[nH]n1.NC(=O)c1nn[nH]n1.O=C(O)C(O)C(O)C(O)C(O)c1nn[nH]n1.O=C(O)CSc1nn[nH]n1.O=P(O)(O)CCc1nn[nH]n1.O=P(O)(O)Cc1nn[nH]n1.O=P(O)(O)c1nn[nH]n1.OOOSCCc1nn[nH]n1.OOOSCc1nn[nH]n1.OOOSc1nn[nH]n1. The zero-order valence-corrected chi connectivity index (χ0v) is 60.7. The Labute approximate surface area is 632 Å². The number of aliphatic carboxylic acids is 2. The number of H-pyrrole nitrogens is 11. The number of rotatable bonds is 32. The largest absolute Gasteiger partial charge is 0.481 e. The van der Waals surface area contributed by atoms with Gasteiger partial charge in [0.2, 0.25) is 22.8 Å². The minimum absolute atomic E-state index is 0.0216. The van der Waals surface area contributed by atoms with Crippen LogP contribution in [0.25, 0.3) is 0 Å². The molecule has 0 saturated carbocycles. The topological polar surface area (TPSA) is 1170 Å². The number of aryl methyl sites for hydroxylation is 3.